The first-order valence-electron chi connectivity index (χ1n) is 10.0. The lowest BCUT2D eigenvalue weighted by atomic mass is 10.0. The quantitative estimate of drug-likeness (QED) is 0.743. The van der Waals surface area contributed by atoms with Gasteiger partial charge in [0.1, 0.15) is 5.75 Å². The minimum absolute atomic E-state index is 0.160. The molecule has 0 spiro atoms. The summed E-state index contributed by atoms with van der Waals surface area (Å²) in [7, 11) is -3.59. The third-order valence-electron chi connectivity index (χ3n) is 5.66. The van der Waals surface area contributed by atoms with E-state index in [1.54, 1.807) is 22.5 Å². The van der Waals surface area contributed by atoms with Crippen molar-refractivity contribution in [3.05, 3.63) is 59.7 Å². The molecule has 0 radical (unpaired) electrons. The van der Waals surface area contributed by atoms with Gasteiger partial charge >= 0.3 is 0 Å². The Morgan fingerprint density at radius 3 is 2.46 bits per heavy atom. The fourth-order valence-corrected chi connectivity index (χ4v) is 5.71. The van der Waals surface area contributed by atoms with Crippen molar-refractivity contribution in [1.82, 2.24) is 9.21 Å². The fraction of sp³-hybridized carbons (Fsp3) is 0.455. The molecule has 2 aromatic rings. The van der Waals surface area contributed by atoms with Crippen molar-refractivity contribution in [2.75, 3.05) is 26.2 Å². The maximum absolute atomic E-state index is 13.6. The Morgan fingerprint density at radius 1 is 1.07 bits per heavy atom. The summed E-state index contributed by atoms with van der Waals surface area (Å²) in [5, 5.41) is 0. The molecule has 2 aromatic carbocycles. The van der Waals surface area contributed by atoms with Crippen molar-refractivity contribution in [2.24, 2.45) is 0 Å². The number of hydrogen-bond acceptors (Lipinski definition) is 4. The minimum atomic E-state index is -3.59. The molecule has 2 aliphatic rings. The van der Waals surface area contributed by atoms with Gasteiger partial charge < -0.3 is 4.74 Å². The van der Waals surface area contributed by atoms with Crippen LogP contribution in [0.2, 0.25) is 0 Å². The first-order chi connectivity index (χ1) is 13.5. The molecule has 1 saturated carbocycles. The van der Waals surface area contributed by atoms with Crippen LogP contribution in [0, 0.1) is 6.92 Å². The van der Waals surface area contributed by atoms with Gasteiger partial charge in [-0.25, -0.2) is 8.42 Å². The Morgan fingerprint density at radius 2 is 1.82 bits per heavy atom. The SMILES string of the molecule is CCOc1ccc(S(=O)(=O)N2CCN(C3CC3)CC2c2ccccc2)cc1C. The van der Waals surface area contributed by atoms with Crippen molar-refractivity contribution in [3.63, 3.8) is 0 Å². The van der Waals surface area contributed by atoms with Crippen LogP contribution in [-0.2, 0) is 10.0 Å². The Balaban J connectivity index is 1.67. The fourth-order valence-electron chi connectivity index (χ4n) is 4.03. The topological polar surface area (TPSA) is 49.9 Å². The zero-order valence-corrected chi connectivity index (χ0v) is 17.4. The van der Waals surface area contributed by atoms with Gasteiger partial charge in [0, 0.05) is 25.7 Å². The van der Waals surface area contributed by atoms with E-state index in [2.05, 4.69) is 4.90 Å². The number of sulfonamides is 1. The van der Waals surface area contributed by atoms with Crippen LogP contribution in [-0.4, -0.2) is 49.9 Å². The summed E-state index contributed by atoms with van der Waals surface area (Å²) in [4.78, 5) is 2.79. The number of piperazine rings is 1. The van der Waals surface area contributed by atoms with E-state index in [-0.39, 0.29) is 6.04 Å². The van der Waals surface area contributed by atoms with Crippen molar-refractivity contribution >= 4 is 10.0 Å². The summed E-state index contributed by atoms with van der Waals surface area (Å²) in [5.74, 6) is 0.736. The van der Waals surface area contributed by atoms with Crippen molar-refractivity contribution in [1.29, 1.82) is 0 Å². The van der Waals surface area contributed by atoms with Gasteiger partial charge in [0.05, 0.1) is 17.5 Å². The molecule has 0 amide bonds. The van der Waals surface area contributed by atoms with E-state index in [1.165, 1.54) is 12.8 Å². The van der Waals surface area contributed by atoms with Gasteiger partial charge in [-0.15, -0.1) is 0 Å². The van der Waals surface area contributed by atoms with Crippen LogP contribution in [0.4, 0.5) is 0 Å². The van der Waals surface area contributed by atoms with E-state index < -0.39 is 10.0 Å². The standard InChI is InChI=1S/C22H28N2O3S/c1-3-27-22-12-11-20(15-17(22)2)28(25,26)24-14-13-23(19-9-10-19)16-21(24)18-7-5-4-6-8-18/h4-8,11-12,15,19,21H,3,9-10,13-14,16H2,1-2H3. The highest BCUT2D eigenvalue weighted by molar-refractivity contribution is 7.89. The number of aryl methyl sites for hydroxylation is 1. The third-order valence-corrected chi connectivity index (χ3v) is 7.57. The van der Waals surface area contributed by atoms with E-state index in [0.717, 1.165) is 30.0 Å². The van der Waals surface area contributed by atoms with Crippen LogP contribution in [0.15, 0.2) is 53.4 Å². The van der Waals surface area contributed by atoms with E-state index in [1.807, 2.05) is 44.2 Å². The zero-order chi connectivity index (χ0) is 19.7. The van der Waals surface area contributed by atoms with E-state index in [4.69, 9.17) is 4.74 Å². The highest BCUT2D eigenvalue weighted by Crippen LogP contribution is 2.36. The number of nitrogens with zero attached hydrogens (tertiary/aromatic N) is 2. The lowest BCUT2D eigenvalue weighted by molar-refractivity contribution is 0.128. The van der Waals surface area contributed by atoms with E-state index in [9.17, 15) is 8.42 Å². The van der Waals surface area contributed by atoms with Gasteiger partial charge in [-0.2, -0.15) is 4.31 Å². The van der Waals surface area contributed by atoms with Gasteiger partial charge in [0.15, 0.2) is 0 Å². The maximum atomic E-state index is 13.6. The third kappa shape index (κ3) is 3.81. The summed E-state index contributed by atoms with van der Waals surface area (Å²) in [6.07, 6.45) is 2.46. The van der Waals surface area contributed by atoms with Crippen LogP contribution in [0.25, 0.3) is 0 Å². The maximum Gasteiger partial charge on any atom is 0.243 e. The van der Waals surface area contributed by atoms with Crippen molar-refractivity contribution in [3.8, 4) is 5.75 Å². The van der Waals surface area contributed by atoms with E-state index >= 15 is 0 Å². The first-order valence-corrected chi connectivity index (χ1v) is 11.5. The molecule has 1 aliphatic heterocycles. The second-order valence-corrected chi connectivity index (χ2v) is 9.52. The average Bonchev–Trinajstić information content (AvgIpc) is 3.55. The normalized spacial score (nSPS) is 21.6. The number of rotatable bonds is 6. The summed E-state index contributed by atoms with van der Waals surface area (Å²) >= 11 is 0. The van der Waals surface area contributed by atoms with Crippen LogP contribution in [0.1, 0.15) is 36.9 Å². The molecule has 150 valence electrons. The van der Waals surface area contributed by atoms with Crippen LogP contribution in [0.3, 0.4) is 0 Å². The van der Waals surface area contributed by atoms with E-state index in [0.29, 0.717) is 24.1 Å². The highest BCUT2D eigenvalue weighted by Gasteiger charge is 2.41. The van der Waals surface area contributed by atoms with Crippen LogP contribution >= 0.6 is 0 Å². The first kappa shape index (κ1) is 19.4. The summed E-state index contributed by atoms with van der Waals surface area (Å²) in [6.45, 7) is 6.45. The number of hydrogen-bond donors (Lipinski definition) is 0. The lowest BCUT2D eigenvalue weighted by Crippen LogP contribution is -2.51. The van der Waals surface area contributed by atoms with Crippen LogP contribution < -0.4 is 4.74 Å². The second kappa shape index (κ2) is 7.85. The number of benzene rings is 2. The average molecular weight is 401 g/mol. The predicted molar refractivity (Wildman–Crippen MR) is 110 cm³/mol. The molecule has 28 heavy (non-hydrogen) atoms. The Hall–Kier alpha value is -1.89. The monoisotopic (exact) mass is 400 g/mol. The van der Waals surface area contributed by atoms with Crippen molar-refractivity contribution < 1.29 is 13.2 Å². The molecule has 0 N–H and O–H groups in total. The molecular formula is C22H28N2O3S. The molecule has 0 aromatic heterocycles. The predicted octanol–water partition coefficient (Wildman–Crippen LogP) is 3.60. The molecular weight excluding hydrogens is 372 g/mol. The summed E-state index contributed by atoms with van der Waals surface area (Å²) < 4.78 is 34.4. The van der Waals surface area contributed by atoms with Crippen molar-refractivity contribution in [2.45, 2.75) is 43.7 Å². The van der Waals surface area contributed by atoms with Gasteiger partial charge in [0.2, 0.25) is 10.0 Å². The van der Waals surface area contributed by atoms with Gasteiger partial charge in [0.25, 0.3) is 0 Å². The minimum Gasteiger partial charge on any atom is -0.494 e. The van der Waals surface area contributed by atoms with Gasteiger partial charge in [-0.1, -0.05) is 30.3 Å². The lowest BCUT2D eigenvalue weighted by Gasteiger charge is -2.41. The van der Waals surface area contributed by atoms with Gasteiger partial charge in [-0.3, -0.25) is 4.90 Å². The molecule has 6 heteroatoms. The Kier molecular flexibility index (Phi) is 5.45. The molecule has 1 aliphatic carbocycles. The van der Waals surface area contributed by atoms with Gasteiger partial charge in [-0.05, 0) is 56.0 Å². The summed E-state index contributed by atoms with van der Waals surface area (Å²) in [6, 6.07) is 15.6. The van der Waals surface area contributed by atoms with Crippen LogP contribution in [0.5, 0.6) is 5.75 Å². The zero-order valence-electron chi connectivity index (χ0n) is 16.5. The molecule has 2 fully saturated rings. The largest absolute Gasteiger partial charge is 0.494 e. The molecule has 1 atom stereocenters. The Bertz CT molecular complexity index is 926. The number of ether oxygens (including phenoxy) is 1. The smallest absolute Gasteiger partial charge is 0.243 e. The Labute approximate surface area is 168 Å². The molecule has 0 bridgehead atoms. The molecule has 1 unspecified atom stereocenters. The molecule has 1 saturated heterocycles. The highest BCUT2D eigenvalue weighted by atomic mass is 32.2. The summed E-state index contributed by atoms with van der Waals surface area (Å²) in [5.41, 5.74) is 1.90. The molecule has 4 rings (SSSR count). The molecule has 5 nitrogen and oxygen atoms in total. The second-order valence-electron chi connectivity index (χ2n) is 7.63. The molecule has 1 heterocycles.